The molecule has 1 aliphatic rings. The number of hydrogen-bond donors (Lipinski definition) is 2. The van der Waals surface area contributed by atoms with Gasteiger partial charge in [-0.2, -0.15) is 0 Å². The Labute approximate surface area is 117 Å². The zero-order valence-electron chi connectivity index (χ0n) is 10.4. The number of hydrogen-bond acceptors (Lipinski definition) is 3. The van der Waals surface area contributed by atoms with E-state index < -0.39 is 0 Å². The summed E-state index contributed by atoms with van der Waals surface area (Å²) in [5, 5.41) is 4.06. The quantitative estimate of drug-likeness (QED) is 0.884. The lowest BCUT2D eigenvalue weighted by atomic mass is 10.0. The average molecular weight is 275 g/mol. The topological polar surface area (TPSA) is 47.3 Å². The van der Waals surface area contributed by atoms with Crippen molar-refractivity contribution in [2.75, 3.05) is 18.4 Å². The first kappa shape index (κ1) is 12.3. The molecule has 0 spiro atoms. The van der Waals surface area contributed by atoms with Crippen LogP contribution in [0.4, 0.5) is 5.69 Å². The molecule has 1 heterocycles. The first-order valence-electron chi connectivity index (χ1n) is 6.28. The Balaban J connectivity index is 2.11. The zero-order chi connectivity index (χ0) is 13.2. The first-order chi connectivity index (χ1) is 9.29. The molecule has 3 rings (SSSR count). The lowest BCUT2D eigenvalue weighted by Gasteiger charge is -2.28. The molecule has 0 fully saturated rings. The van der Waals surface area contributed by atoms with Gasteiger partial charge in [0.25, 0.3) is 0 Å². The second-order valence-corrected chi connectivity index (χ2v) is 4.93. The van der Waals surface area contributed by atoms with E-state index in [1.165, 1.54) is 0 Å². The first-order valence-corrected chi connectivity index (χ1v) is 6.66. The Morgan fingerprint density at radius 2 is 1.95 bits per heavy atom. The van der Waals surface area contributed by atoms with Gasteiger partial charge in [0.1, 0.15) is 6.10 Å². The van der Waals surface area contributed by atoms with E-state index in [-0.39, 0.29) is 6.10 Å². The molecule has 0 aliphatic carbocycles. The summed E-state index contributed by atoms with van der Waals surface area (Å²) >= 11 is 6.27. The highest BCUT2D eigenvalue weighted by Gasteiger charge is 2.21. The van der Waals surface area contributed by atoms with E-state index in [1.807, 2.05) is 42.5 Å². The SMILES string of the molecule is NC[C@@H]1CNc2cccc(-c3ccccc3Cl)c2O1. The number of anilines is 1. The molecule has 0 radical (unpaired) electrons. The van der Waals surface area contributed by atoms with Gasteiger partial charge in [0.2, 0.25) is 0 Å². The maximum atomic E-state index is 6.27. The van der Waals surface area contributed by atoms with Crippen LogP contribution in [0.3, 0.4) is 0 Å². The molecule has 4 heteroatoms. The van der Waals surface area contributed by atoms with Gasteiger partial charge in [-0.3, -0.25) is 0 Å². The van der Waals surface area contributed by atoms with Crippen molar-refractivity contribution >= 4 is 17.3 Å². The third kappa shape index (κ3) is 2.27. The van der Waals surface area contributed by atoms with Crippen LogP contribution in [-0.2, 0) is 0 Å². The smallest absolute Gasteiger partial charge is 0.150 e. The molecule has 3 nitrogen and oxygen atoms in total. The van der Waals surface area contributed by atoms with Crippen molar-refractivity contribution in [2.24, 2.45) is 5.73 Å². The number of para-hydroxylation sites is 1. The van der Waals surface area contributed by atoms with Crippen molar-refractivity contribution in [3.8, 4) is 16.9 Å². The Hall–Kier alpha value is -1.71. The van der Waals surface area contributed by atoms with Crippen molar-refractivity contribution < 1.29 is 4.74 Å². The standard InChI is InChI=1S/C15H15ClN2O/c16-13-6-2-1-4-11(13)12-5-3-7-14-15(12)19-10(8-17)9-18-14/h1-7,10,18H,8-9,17H2/t10-/m1/s1. The van der Waals surface area contributed by atoms with Gasteiger partial charge in [-0.05, 0) is 12.1 Å². The van der Waals surface area contributed by atoms with Crippen LogP contribution >= 0.6 is 11.6 Å². The molecule has 0 saturated carbocycles. The molecule has 3 N–H and O–H groups in total. The van der Waals surface area contributed by atoms with Gasteiger partial charge in [-0.15, -0.1) is 0 Å². The van der Waals surface area contributed by atoms with Gasteiger partial charge in [-0.25, -0.2) is 0 Å². The summed E-state index contributed by atoms with van der Waals surface area (Å²) in [7, 11) is 0. The minimum absolute atomic E-state index is 0.00358. The molecule has 0 unspecified atom stereocenters. The van der Waals surface area contributed by atoms with Crippen LogP contribution in [0, 0.1) is 0 Å². The highest BCUT2D eigenvalue weighted by molar-refractivity contribution is 6.33. The van der Waals surface area contributed by atoms with Gasteiger partial charge >= 0.3 is 0 Å². The molecule has 0 aromatic heterocycles. The molecule has 0 saturated heterocycles. The molecule has 2 aromatic carbocycles. The second kappa shape index (κ2) is 5.11. The van der Waals surface area contributed by atoms with Gasteiger partial charge < -0.3 is 15.8 Å². The van der Waals surface area contributed by atoms with Crippen molar-refractivity contribution in [1.29, 1.82) is 0 Å². The number of fused-ring (bicyclic) bond motifs is 1. The third-order valence-corrected chi connectivity index (χ3v) is 3.58. The molecule has 98 valence electrons. The number of nitrogens with one attached hydrogen (secondary N) is 1. The number of ether oxygens (including phenoxy) is 1. The molecule has 1 atom stereocenters. The summed E-state index contributed by atoms with van der Waals surface area (Å²) in [5.74, 6) is 0.831. The summed E-state index contributed by atoms with van der Waals surface area (Å²) in [6.45, 7) is 1.22. The lowest BCUT2D eigenvalue weighted by molar-refractivity contribution is 0.215. The van der Waals surface area contributed by atoms with Crippen LogP contribution in [-0.4, -0.2) is 19.2 Å². The highest BCUT2D eigenvalue weighted by Crippen LogP contribution is 2.41. The highest BCUT2D eigenvalue weighted by atomic mass is 35.5. The summed E-state index contributed by atoms with van der Waals surface area (Å²) in [6, 6.07) is 13.8. The largest absolute Gasteiger partial charge is 0.484 e. The molecule has 0 amide bonds. The predicted molar refractivity (Wildman–Crippen MR) is 78.8 cm³/mol. The van der Waals surface area contributed by atoms with Crippen LogP contribution in [0.15, 0.2) is 42.5 Å². The maximum Gasteiger partial charge on any atom is 0.150 e. The fraction of sp³-hybridized carbons (Fsp3) is 0.200. The van der Waals surface area contributed by atoms with Gasteiger partial charge in [-0.1, -0.05) is 41.9 Å². The van der Waals surface area contributed by atoms with Crippen LogP contribution in [0.25, 0.3) is 11.1 Å². The van der Waals surface area contributed by atoms with E-state index in [0.29, 0.717) is 6.54 Å². The summed E-state index contributed by atoms with van der Waals surface area (Å²) in [5.41, 5.74) is 8.64. The Kier molecular flexibility index (Phi) is 3.32. The minimum atomic E-state index is -0.00358. The van der Waals surface area contributed by atoms with Crippen LogP contribution < -0.4 is 15.8 Å². The van der Waals surface area contributed by atoms with E-state index in [9.17, 15) is 0 Å². The maximum absolute atomic E-state index is 6.27. The summed E-state index contributed by atoms with van der Waals surface area (Å²) in [6.07, 6.45) is -0.00358. The Morgan fingerprint density at radius 3 is 2.74 bits per heavy atom. The Bertz CT molecular complexity index is 600. The molecular formula is C15H15ClN2O. The zero-order valence-corrected chi connectivity index (χ0v) is 11.2. The number of benzene rings is 2. The normalized spacial score (nSPS) is 17.3. The van der Waals surface area contributed by atoms with Crippen molar-refractivity contribution in [1.82, 2.24) is 0 Å². The molecule has 0 bridgehead atoms. The van der Waals surface area contributed by atoms with E-state index in [2.05, 4.69) is 5.32 Å². The van der Waals surface area contributed by atoms with Crippen LogP contribution in [0.2, 0.25) is 5.02 Å². The van der Waals surface area contributed by atoms with E-state index in [4.69, 9.17) is 22.1 Å². The molecule has 2 aromatic rings. The van der Waals surface area contributed by atoms with E-state index in [1.54, 1.807) is 0 Å². The van der Waals surface area contributed by atoms with Crippen molar-refractivity contribution in [3.05, 3.63) is 47.5 Å². The third-order valence-electron chi connectivity index (χ3n) is 3.25. The van der Waals surface area contributed by atoms with Gasteiger partial charge in [0, 0.05) is 22.7 Å². The average Bonchev–Trinajstić information content (AvgIpc) is 2.47. The Morgan fingerprint density at radius 1 is 1.16 bits per heavy atom. The summed E-state index contributed by atoms with van der Waals surface area (Å²) in [4.78, 5) is 0. The fourth-order valence-corrected chi connectivity index (χ4v) is 2.50. The van der Waals surface area contributed by atoms with Gasteiger partial charge in [0.05, 0.1) is 12.2 Å². The predicted octanol–water partition coefficient (Wildman–Crippen LogP) is 3.14. The number of halogens is 1. The number of rotatable bonds is 2. The lowest BCUT2D eigenvalue weighted by Crippen LogP contribution is -2.37. The van der Waals surface area contributed by atoms with Crippen molar-refractivity contribution in [3.63, 3.8) is 0 Å². The van der Waals surface area contributed by atoms with E-state index >= 15 is 0 Å². The second-order valence-electron chi connectivity index (χ2n) is 4.52. The molecule has 19 heavy (non-hydrogen) atoms. The van der Waals surface area contributed by atoms with Crippen LogP contribution in [0.1, 0.15) is 0 Å². The van der Waals surface area contributed by atoms with E-state index in [0.717, 1.165) is 34.1 Å². The summed E-state index contributed by atoms with van der Waals surface area (Å²) < 4.78 is 5.98. The fourth-order valence-electron chi connectivity index (χ4n) is 2.26. The van der Waals surface area contributed by atoms with Crippen molar-refractivity contribution in [2.45, 2.75) is 6.10 Å². The molecule has 1 aliphatic heterocycles. The van der Waals surface area contributed by atoms with Gasteiger partial charge in [0.15, 0.2) is 5.75 Å². The monoisotopic (exact) mass is 274 g/mol. The van der Waals surface area contributed by atoms with Crippen LogP contribution in [0.5, 0.6) is 5.75 Å². The molecular weight excluding hydrogens is 260 g/mol. The minimum Gasteiger partial charge on any atom is -0.484 e. The number of nitrogens with two attached hydrogens (primary N) is 1.